The summed E-state index contributed by atoms with van der Waals surface area (Å²) in [7, 11) is 0. The molecule has 0 saturated carbocycles. The van der Waals surface area contributed by atoms with Crippen molar-refractivity contribution in [2.24, 2.45) is 0 Å². The van der Waals surface area contributed by atoms with Gasteiger partial charge in [-0.2, -0.15) is 0 Å². The van der Waals surface area contributed by atoms with Crippen molar-refractivity contribution in [3.8, 4) is 9.75 Å². The Labute approximate surface area is 259 Å². The first kappa shape index (κ1) is 35.6. The summed E-state index contributed by atoms with van der Waals surface area (Å²) in [5.41, 5.74) is 3.22. The highest BCUT2D eigenvalue weighted by Crippen LogP contribution is 2.38. The average Bonchev–Trinajstić information content (AvgIpc) is 3.51. The zero-order valence-electron chi connectivity index (χ0n) is 27.4. The Balaban J connectivity index is 1.55. The van der Waals surface area contributed by atoms with E-state index in [4.69, 9.17) is 0 Å². The van der Waals surface area contributed by atoms with Gasteiger partial charge in [-0.25, -0.2) is 0 Å². The van der Waals surface area contributed by atoms with Crippen molar-refractivity contribution >= 4 is 22.7 Å². The minimum absolute atomic E-state index is 1.27. The van der Waals surface area contributed by atoms with Crippen LogP contribution < -0.4 is 0 Å². The van der Waals surface area contributed by atoms with Crippen molar-refractivity contribution < 1.29 is 0 Å². The maximum Gasteiger partial charge on any atom is 0.0448 e. The number of hydrogen-bond donors (Lipinski definition) is 0. The topological polar surface area (TPSA) is 0 Å². The Morgan fingerprint density at radius 3 is 0.900 bits per heavy atom. The molecule has 0 aliphatic heterocycles. The van der Waals surface area contributed by atoms with Crippen LogP contribution in [0.25, 0.3) is 9.75 Å². The van der Waals surface area contributed by atoms with E-state index < -0.39 is 0 Å². The smallest absolute Gasteiger partial charge is 0.0448 e. The maximum atomic E-state index is 2.53. The molecule has 0 spiro atoms. The van der Waals surface area contributed by atoms with E-state index in [9.17, 15) is 0 Å². The highest BCUT2D eigenvalue weighted by atomic mass is 32.1. The molecule has 40 heavy (non-hydrogen) atoms. The first-order valence-corrected chi connectivity index (χ1v) is 19.5. The quantitative estimate of drug-likeness (QED) is 0.0913. The summed E-state index contributed by atoms with van der Waals surface area (Å²) in [6, 6.07) is 5.05. The third-order valence-corrected chi connectivity index (χ3v) is 11.3. The molecule has 0 nitrogen and oxygen atoms in total. The molecule has 2 heteroatoms. The van der Waals surface area contributed by atoms with Crippen LogP contribution in [0.3, 0.4) is 0 Å². The summed E-state index contributed by atoms with van der Waals surface area (Å²) in [4.78, 5) is 6.12. The molecule has 0 bridgehead atoms. The van der Waals surface area contributed by atoms with E-state index in [1.165, 1.54) is 177 Å². The lowest BCUT2D eigenvalue weighted by atomic mass is 10.0. The minimum atomic E-state index is 1.27. The Morgan fingerprint density at radius 2 is 0.625 bits per heavy atom. The summed E-state index contributed by atoms with van der Waals surface area (Å²) in [5, 5.41) is 0. The molecular weight excluding hydrogens is 521 g/mol. The summed E-state index contributed by atoms with van der Waals surface area (Å²) in [6.45, 7) is 9.30. The fourth-order valence-corrected chi connectivity index (χ4v) is 8.31. The largest absolute Gasteiger partial charge is 0.139 e. The molecule has 2 aromatic heterocycles. The predicted molar refractivity (Wildman–Crippen MR) is 187 cm³/mol. The molecule has 0 aliphatic carbocycles. The van der Waals surface area contributed by atoms with Crippen molar-refractivity contribution in [1.82, 2.24) is 0 Å². The molecule has 0 radical (unpaired) electrons. The van der Waals surface area contributed by atoms with E-state index >= 15 is 0 Å². The van der Waals surface area contributed by atoms with E-state index in [0.717, 1.165) is 0 Å². The summed E-state index contributed by atoms with van der Waals surface area (Å²) in [5.74, 6) is 0. The van der Waals surface area contributed by atoms with Crippen LogP contribution in [0.5, 0.6) is 0 Å². The van der Waals surface area contributed by atoms with Crippen LogP contribution in [-0.4, -0.2) is 0 Å². The molecular formula is C38H66S2. The van der Waals surface area contributed by atoms with Crippen molar-refractivity contribution in [1.29, 1.82) is 0 Å². The molecule has 2 rings (SSSR count). The predicted octanol–water partition coefficient (Wildman–Crippen LogP) is 14.6. The number of thiophene rings is 2. The van der Waals surface area contributed by atoms with E-state index in [-0.39, 0.29) is 0 Å². The molecule has 0 aromatic carbocycles. The van der Waals surface area contributed by atoms with Gasteiger partial charge in [0.1, 0.15) is 0 Å². The van der Waals surface area contributed by atoms with Gasteiger partial charge in [0, 0.05) is 19.5 Å². The third kappa shape index (κ3) is 16.1. The van der Waals surface area contributed by atoms with Crippen molar-refractivity contribution in [3.05, 3.63) is 33.0 Å². The van der Waals surface area contributed by atoms with Gasteiger partial charge in [-0.05, 0) is 62.8 Å². The van der Waals surface area contributed by atoms with E-state index in [0.29, 0.717) is 0 Å². The second kappa shape index (κ2) is 23.9. The maximum absolute atomic E-state index is 2.53. The molecule has 0 aliphatic rings. The van der Waals surface area contributed by atoms with Gasteiger partial charge in [-0.3, -0.25) is 0 Å². The van der Waals surface area contributed by atoms with Crippen LogP contribution in [0.4, 0.5) is 0 Å². The van der Waals surface area contributed by atoms with Gasteiger partial charge < -0.3 is 0 Å². The average molecular weight is 587 g/mol. The molecule has 2 heterocycles. The molecule has 0 N–H and O–H groups in total. The molecule has 2 aromatic rings. The van der Waals surface area contributed by atoms with Crippen LogP contribution in [0.1, 0.15) is 189 Å². The summed E-state index contributed by atoms with van der Waals surface area (Å²) >= 11 is 4.06. The SMILES string of the molecule is CCCCCCCCCCCCCCc1cc(-c2cc(CCCCCCCCCCCCCC)c(C)s2)sc1C. The van der Waals surface area contributed by atoms with Crippen LogP contribution in [0, 0.1) is 13.8 Å². The number of rotatable bonds is 27. The first-order chi connectivity index (χ1) is 19.7. The number of aryl methyl sites for hydroxylation is 4. The highest BCUT2D eigenvalue weighted by Gasteiger charge is 2.12. The Hall–Kier alpha value is -0.600. The molecule has 0 unspecified atom stereocenters. The van der Waals surface area contributed by atoms with Crippen molar-refractivity contribution in [2.75, 3.05) is 0 Å². The minimum Gasteiger partial charge on any atom is -0.139 e. The Kier molecular flexibility index (Phi) is 21.3. The zero-order chi connectivity index (χ0) is 28.7. The standard InChI is InChI=1S/C38H66S2/c1-5-7-9-11-13-15-17-19-21-23-25-27-29-35-31-37(39-33(35)3)38-32-36(34(4)40-38)30-28-26-24-22-20-18-16-14-12-10-8-6-2/h31-32H,5-30H2,1-4H3. The lowest BCUT2D eigenvalue weighted by Gasteiger charge is -2.03. The molecule has 0 fully saturated rings. The van der Waals surface area contributed by atoms with Crippen LogP contribution >= 0.6 is 22.7 Å². The monoisotopic (exact) mass is 586 g/mol. The van der Waals surface area contributed by atoms with Crippen LogP contribution in [0.2, 0.25) is 0 Å². The van der Waals surface area contributed by atoms with Gasteiger partial charge in [0.15, 0.2) is 0 Å². The Morgan fingerprint density at radius 1 is 0.375 bits per heavy atom. The van der Waals surface area contributed by atoms with Crippen molar-refractivity contribution in [2.45, 2.75) is 195 Å². The van der Waals surface area contributed by atoms with E-state index in [2.05, 4.69) is 39.8 Å². The van der Waals surface area contributed by atoms with Gasteiger partial charge in [-0.15, -0.1) is 22.7 Å². The second-order valence-corrected chi connectivity index (χ2v) is 15.2. The second-order valence-electron chi connectivity index (χ2n) is 12.7. The van der Waals surface area contributed by atoms with Gasteiger partial charge in [0.2, 0.25) is 0 Å². The highest BCUT2D eigenvalue weighted by molar-refractivity contribution is 7.22. The molecule has 230 valence electrons. The third-order valence-electron chi connectivity index (χ3n) is 8.88. The van der Waals surface area contributed by atoms with E-state index in [1.807, 2.05) is 22.7 Å². The first-order valence-electron chi connectivity index (χ1n) is 17.8. The fraction of sp³-hybridized carbons (Fsp3) is 0.789. The van der Waals surface area contributed by atoms with Crippen molar-refractivity contribution in [3.63, 3.8) is 0 Å². The summed E-state index contributed by atoms with van der Waals surface area (Å²) in [6.07, 6.45) is 36.9. The lowest BCUT2D eigenvalue weighted by Crippen LogP contribution is -1.87. The van der Waals surface area contributed by atoms with Crippen LogP contribution in [-0.2, 0) is 12.8 Å². The Bertz CT molecular complexity index is 772. The van der Waals surface area contributed by atoms with Gasteiger partial charge in [0.25, 0.3) is 0 Å². The van der Waals surface area contributed by atoms with Gasteiger partial charge in [0.05, 0.1) is 0 Å². The zero-order valence-corrected chi connectivity index (χ0v) is 29.0. The number of unbranched alkanes of at least 4 members (excludes halogenated alkanes) is 22. The lowest BCUT2D eigenvalue weighted by molar-refractivity contribution is 0.544. The molecule has 0 saturated heterocycles. The normalized spacial score (nSPS) is 11.6. The fourth-order valence-electron chi connectivity index (χ4n) is 6.09. The van der Waals surface area contributed by atoms with E-state index in [1.54, 1.807) is 20.9 Å². The number of hydrogen-bond acceptors (Lipinski definition) is 2. The molecule has 0 amide bonds. The van der Waals surface area contributed by atoms with Gasteiger partial charge in [-0.1, -0.05) is 155 Å². The van der Waals surface area contributed by atoms with Crippen LogP contribution in [0.15, 0.2) is 12.1 Å². The summed E-state index contributed by atoms with van der Waals surface area (Å²) < 4.78 is 0. The molecule has 0 atom stereocenters. The van der Waals surface area contributed by atoms with Gasteiger partial charge >= 0.3 is 0 Å².